The van der Waals surface area contributed by atoms with E-state index in [4.69, 9.17) is 0 Å². The van der Waals surface area contributed by atoms with Crippen molar-refractivity contribution in [2.24, 2.45) is 0 Å². The van der Waals surface area contributed by atoms with Gasteiger partial charge in [0.1, 0.15) is 6.54 Å². The van der Waals surface area contributed by atoms with Crippen molar-refractivity contribution in [3.05, 3.63) is 15.6 Å². The van der Waals surface area contributed by atoms with Crippen LogP contribution in [-0.4, -0.2) is 23.7 Å². The second-order valence-electron chi connectivity index (χ2n) is 3.85. The second kappa shape index (κ2) is 5.55. The molecule has 1 aromatic rings. The van der Waals surface area contributed by atoms with Gasteiger partial charge in [0.2, 0.25) is 0 Å². The van der Waals surface area contributed by atoms with Crippen molar-refractivity contribution < 1.29 is 18.0 Å². The van der Waals surface area contributed by atoms with Crippen molar-refractivity contribution in [1.82, 2.24) is 15.6 Å². The number of nitrogens with one attached hydrogen (secondary N) is 2. The first-order valence-corrected chi connectivity index (χ1v) is 6.05. The van der Waals surface area contributed by atoms with Crippen LogP contribution in [0.2, 0.25) is 0 Å². The number of halogens is 3. The first kappa shape index (κ1) is 14.7. The van der Waals surface area contributed by atoms with Crippen LogP contribution in [-0.2, 0) is 0 Å². The minimum Gasteiger partial charge on any atom is -0.331 e. The molecule has 0 saturated carbocycles. The van der Waals surface area contributed by atoms with Crippen molar-refractivity contribution >= 4 is 17.4 Å². The van der Waals surface area contributed by atoms with Gasteiger partial charge in [-0.1, -0.05) is 0 Å². The molecule has 1 heterocycles. The number of alkyl halides is 3. The highest BCUT2D eigenvalue weighted by molar-refractivity contribution is 7.11. The van der Waals surface area contributed by atoms with E-state index >= 15 is 0 Å². The average molecular weight is 281 g/mol. The molecule has 102 valence electrons. The zero-order valence-electron chi connectivity index (χ0n) is 10.2. The van der Waals surface area contributed by atoms with Gasteiger partial charge in [-0.05, 0) is 20.8 Å². The highest BCUT2D eigenvalue weighted by Crippen LogP contribution is 2.24. The average Bonchev–Trinajstić information content (AvgIpc) is 2.54. The second-order valence-corrected chi connectivity index (χ2v) is 5.08. The summed E-state index contributed by atoms with van der Waals surface area (Å²) in [7, 11) is 0. The van der Waals surface area contributed by atoms with Gasteiger partial charge >= 0.3 is 12.2 Å². The van der Waals surface area contributed by atoms with Gasteiger partial charge in [0.25, 0.3) is 0 Å². The fraction of sp³-hybridized carbons (Fsp3) is 0.600. The number of aryl methyl sites for hydroxylation is 2. The Morgan fingerprint density at radius 1 is 1.44 bits per heavy atom. The normalized spacial score (nSPS) is 13.2. The van der Waals surface area contributed by atoms with Crippen LogP contribution in [0.4, 0.5) is 18.0 Å². The number of amides is 2. The van der Waals surface area contributed by atoms with Crippen LogP contribution in [0.25, 0.3) is 0 Å². The summed E-state index contributed by atoms with van der Waals surface area (Å²) in [6.07, 6.45) is -4.41. The van der Waals surface area contributed by atoms with Gasteiger partial charge in [-0.2, -0.15) is 13.2 Å². The Bertz CT molecular complexity index is 430. The number of nitrogens with zero attached hydrogens (tertiary/aromatic N) is 1. The number of rotatable bonds is 3. The number of hydrogen-bond acceptors (Lipinski definition) is 3. The summed E-state index contributed by atoms with van der Waals surface area (Å²) in [5, 5.41) is 5.06. The maximum Gasteiger partial charge on any atom is 0.405 e. The molecule has 0 saturated heterocycles. The molecule has 2 amide bonds. The Balaban J connectivity index is 2.52. The van der Waals surface area contributed by atoms with E-state index in [-0.39, 0.29) is 6.04 Å². The number of hydrogen-bond donors (Lipinski definition) is 2. The van der Waals surface area contributed by atoms with Gasteiger partial charge in [0, 0.05) is 4.88 Å². The van der Waals surface area contributed by atoms with E-state index in [9.17, 15) is 18.0 Å². The van der Waals surface area contributed by atoms with Crippen LogP contribution in [0.1, 0.15) is 28.5 Å². The summed E-state index contributed by atoms with van der Waals surface area (Å²) < 4.78 is 35.7. The smallest absolute Gasteiger partial charge is 0.331 e. The molecule has 0 aliphatic heterocycles. The van der Waals surface area contributed by atoms with Crippen LogP contribution in [0.5, 0.6) is 0 Å². The molecule has 1 unspecified atom stereocenters. The van der Waals surface area contributed by atoms with E-state index in [1.54, 1.807) is 19.2 Å². The molecular weight excluding hydrogens is 267 g/mol. The van der Waals surface area contributed by atoms with Crippen molar-refractivity contribution in [3.8, 4) is 0 Å². The third-order valence-corrected chi connectivity index (χ3v) is 3.39. The molecule has 0 aliphatic carbocycles. The highest BCUT2D eigenvalue weighted by Gasteiger charge is 2.28. The van der Waals surface area contributed by atoms with Crippen LogP contribution in [0, 0.1) is 13.8 Å². The lowest BCUT2D eigenvalue weighted by atomic mass is 10.2. The fourth-order valence-corrected chi connectivity index (χ4v) is 2.37. The maximum atomic E-state index is 11.9. The molecule has 8 heteroatoms. The summed E-state index contributed by atoms with van der Waals surface area (Å²) in [4.78, 5) is 16.3. The van der Waals surface area contributed by atoms with Gasteiger partial charge in [-0.3, -0.25) is 0 Å². The summed E-state index contributed by atoms with van der Waals surface area (Å²) in [6.45, 7) is 3.99. The topological polar surface area (TPSA) is 54.0 Å². The minimum absolute atomic E-state index is 0.371. The SMILES string of the molecule is Cc1nc(C)c(C(C)NC(=O)NCC(F)(F)F)s1. The summed E-state index contributed by atoms with van der Waals surface area (Å²) in [5.41, 5.74) is 0.779. The zero-order valence-corrected chi connectivity index (χ0v) is 11.0. The van der Waals surface area contributed by atoms with E-state index in [0.29, 0.717) is 0 Å². The summed E-state index contributed by atoms with van der Waals surface area (Å²) >= 11 is 1.41. The quantitative estimate of drug-likeness (QED) is 0.895. The van der Waals surface area contributed by atoms with E-state index < -0.39 is 18.8 Å². The van der Waals surface area contributed by atoms with Crippen molar-refractivity contribution in [2.45, 2.75) is 33.0 Å². The van der Waals surface area contributed by atoms with Crippen LogP contribution < -0.4 is 10.6 Å². The Morgan fingerprint density at radius 3 is 2.50 bits per heavy atom. The largest absolute Gasteiger partial charge is 0.405 e. The number of carbonyl (C=O) groups excluding carboxylic acids is 1. The molecular formula is C10H14F3N3OS. The molecule has 0 radical (unpaired) electrons. The molecule has 0 bridgehead atoms. The van der Waals surface area contributed by atoms with E-state index in [2.05, 4.69) is 10.3 Å². The molecule has 0 aliphatic rings. The van der Waals surface area contributed by atoms with E-state index in [0.717, 1.165) is 15.6 Å². The molecule has 1 rings (SSSR count). The van der Waals surface area contributed by atoms with Crippen LogP contribution in [0.3, 0.4) is 0 Å². The van der Waals surface area contributed by atoms with Crippen molar-refractivity contribution in [2.75, 3.05) is 6.54 Å². The molecule has 1 aromatic heterocycles. The first-order valence-electron chi connectivity index (χ1n) is 5.24. The van der Waals surface area contributed by atoms with Crippen LogP contribution in [0.15, 0.2) is 0 Å². The number of urea groups is 1. The molecule has 4 nitrogen and oxygen atoms in total. The lowest BCUT2D eigenvalue weighted by Crippen LogP contribution is -2.41. The fourth-order valence-electron chi connectivity index (χ4n) is 1.44. The molecule has 2 N–H and O–H groups in total. The first-order chi connectivity index (χ1) is 8.19. The van der Waals surface area contributed by atoms with Gasteiger partial charge in [0.05, 0.1) is 16.7 Å². The molecule has 0 aromatic carbocycles. The van der Waals surface area contributed by atoms with Crippen molar-refractivity contribution in [1.29, 1.82) is 0 Å². The summed E-state index contributed by atoms with van der Waals surface area (Å²) in [5.74, 6) is 0. The van der Waals surface area contributed by atoms with Crippen molar-refractivity contribution in [3.63, 3.8) is 0 Å². The maximum absolute atomic E-state index is 11.9. The Kier molecular flexibility index (Phi) is 4.55. The highest BCUT2D eigenvalue weighted by atomic mass is 32.1. The summed E-state index contributed by atoms with van der Waals surface area (Å²) in [6, 6.07) is -1.21. The zero-order chi connectivity index (χ0) is 13.9. The Morgan fingerprint density at radius 2 is 2.06 bits per heavy atom. The van der Waals surface area contributed by atoms with E-state index in [1.165, 1.54) is 11.3 Å². The van der Waals surface area contributed by atoms with Gasteiger partial charge in [-0.25, -0.2) is 9.78 Å². The van der Waals surface area contributed by atoms with Gasteiger partial charge < -0.3 is 10.6 Å². The van der Waals surface area contributed by atoms with E-state index in [1.807, 2.05) is 6.92 Å². The standard InChI is InChI=1S/C10H14F3N3OS/c1-5-8(18-7(3)15-5)6(2)16-9(17)14-4-10(11,12)13/h6H,4H2,1-3H3,(H2,14,16,17). The van der Waals surface area contributed by atoms with Gasteiger partial charge in [-0.15, -0.1) is 11.3 Å². The lowest BCUT2D eigenvalue weighted by molar-refractivity contribution is -0.122. The molecule has 0 spiro atoms. The van der Waals surface area contributed by atoms with Gasteiger partial charge in [0.15, 0.2) is 0 Å². The number of aromatic nitrogens is 1. The number of carbonyl (C=O) groups is 1. The molecule has 0 fully saturated rings. The van der Waals surface area contributed by atoms with Crippen LogP contribution >= 0.6 is 11.3 Å². The lowest BCUT2D eigenvalue weighted by Gasteiger charge is -2.14. The Labute approximate surface area is 107 Å². The monoisotopic (exact) mass is 281 g/mol. The third kappa shape index (κ3) is 4.52. The minimum atomic E-state index is -4.41. The number of thiazole rings is 1. The molecule has 1 atom stereocenters. The third-order valence-electron chi connectivity index (χ3n) is 2.13. The molecule has 18 heavy (non-hydrogen) atoms. The predicted molar refractivity (Wildman–Crippen MR) is 62.6 cm³/mol. The predicted octanol–water partition coefficient (Wildman–Crippen LogP) is 2.68. The Hall–Kier alpha value is -1.31.